The lowest BCUT2D eigenvalue weighted by molar-refractivity contribution is 0.522. The Balaban J connectivity index is 4.44. The van der Waals surface area contributed by atoms with Gasteiger partial charge in [0.1, 0.15) is 0 Å². The van der Waals surface area contributed by atoms with Gasteiger partial charge >= 0.3 is 0 Å². The Labute approximate surface area is 88.2 Å². The van der Waals surface area contributed by atoms with Gasteiger partial charge < -0.3 is 5.32 Å². The number of hydrogen-bond acceptors (Lipinski definition) is 3. The van der Waals surface area contributed by atoms with Gasteiger partial charge in [0.15, 0.2) is 9.84 Å². The van der Waals surface area contributed by atoms with E-state index in [9.17, 15) is 8.42 Å². The minimum absolute atomic E-state index is 0.221. The molecule has 0 saturated heterocycles. The summed E-state index contributed by atoms with van der Waals surface area (Å²) < 4.78 is 23.8. The maximum atomic E-state index is 11.9. The molecule has 0 aromatic rings. The van der Waals surface area contributed by atoms with Crippen LogP contribution in [0.5, 0.6) is 0 Å². The molecule has 3 nitrogen and oxygen atoms in total. The fraction of sp³-hybridized carbons (Fsp3) is 1.00. The predicted molar refractivity (Wildman–Crippen MR) is 61.3 cm³/mol. The summed E-state index contributed by atoms with van der Waals surface area (Å²) in [6.07, 6.45) is 1.38. The lowest BCUT2D eigenvalue weighted by Crippen LogP contribution is -2.33. The monoisotopic (exact) mass is 221 g/mol. The van der Waals surface area contributed by atoms with E-state index >= 15 is 0 Å². The number of sulfone groups is 1. The molecule has 0 amide bonds. The molecule has 0 aliphatic heterocycles. The van der Waals surface area contributed by atoms with Gasteiger partial charge in [0.05, 0.1) is 10.5 Å². The zero-order valence-corrected chi connectivity index (χ0v) is 10.7. The number of hydrogen-bond donors (Lipinski definition) is 1. The van der Waals surface area contributed by atoms with E-state index in [-0.39, 0.29) is 16.5 Å². The Kier molecular flexibility index (Phi) is 5.67. The molecule has 3 atom stereocenters. The second-order valence-electron chi connectivity index (χ2n) is 4.04. The van der Waals surface area contributed by atoms with Crippen LogP contribution < -0.4 is 5.32 Å². The molecule has 0 saturated carbocycles. The molecule has 0 heterocycles. The van der Waals surface area contributed by atoms with Crippen LogP contribution in [0.2, 0.25) is 0 Å². The molecule has 4 heteroatoms. The fourth-order valence-corrected chi connectivity index (χ4v) is 3.19. The standard InChI is InChI=1S/C10H23NO2S/c1-6-9(3)14(12,13)10(4)7-8(2)11-5/h8-11H,6-7H2,1-5H3. The molecule has 0 aromatic heterocycles. The summed E-state index contributed by atoms with van der Waals surface area (Å²) in [5.74, 6) is 0. The molecule has 0 radical (unpaired) electrons. The molecule has 14 heavy (non-hydrogen) atoms. The van der Waals surface area contributed by atoms with Crippen LogP contribution in [-0.2, 0) is 9.84 Å². The summed E-state index contributed by atoms with van der Waals surface area (Å²) in [4.78, 5) is 0. The van der Waals surface area contributed by atoms with Crippen molar-refractivity contribution < 1.29 is 8.42 Å². The van der Waals surface area contributed by atoms with Crippen LogP contribution >= 0.6 is 0 Å². The lowest BCUT2D eigenvalue weighted by atomic mass is 10.2. The van der Waals surface area contributed by atoms with Crippen LogP contribution in [0.4, 0.5) is 0 Å². The Morgan fingerprint density at radius 1 is 1.14 bits per heavy atom. The topological polar surface area (TPSA) is 46.2 Å². The molecule has 0 spiro atoms. The van der Waals surface area contributed by atoms with E-state index < -0.39 is 9.84 Å². The molecule has 0 rings (SSSR count). The van der Waals surface area contributed by atoms with Crippen molar-refractivity contribution in [1.82, 2.24) is 5.32 Å². The van der Waals surface area contributed by atoms with E-state index in [4.69, 9.17) is 0 Å². The highest BCUT2D eigenvalue weighted by Crippen LogP contribution is 2.16. The first-order valence-corrected chi connectivity index (χ1v) is 6.87. The first kappa shape index (κ1) is 13.9. The van der Waals surface area contributed by atoms with E-state index in [0.717, 1.165) is 0 Å². The molecule has 1 N–H and O–H groups in total. The Hall–Kier alpha value is -0.0900. The van der Waals surface area contributed by atoms with E-state index in [0.29, 0.717) is 12.8 Å². The molecule has 0 bridgehead atoms. The van der Waals surface area contributed by atoms with E-state index in [1.165, 1.54) is 0 Å². The van der Waals surface area contributed by atoms with Gasteiger partial charge in [-0.05, 0) is 40.7 Å². The van der Waals surface area contributed by atoms with Crippen molar-refractivity contribution >= 4 is 9.84 Å². The van der Waals surface area contributed by atoms with Gasteiger partial charge in [-0.2, -0.15) is 0 Å². The molecule has 0 fully saturated rings. The minimum atomic E-state index is -2.93. The first-order chi connectivity index (χ1) is 6.36. The maximum absolute atomic E-state index is 11.9. The lowest BCUT2D eigenvalue weighted by Gasteiger charge is -2.20. The summed E-state index contributed by atoms with van der Waals surface area (Å²) >= 11 is 0. The van der Waals surface area contributed by atoms with Crippen molar-refractivity contribution in [3.8, 4) is 0 Å². The highest BCUT2D eigenvalue weighted by atomic mass is 32.2. The maximum Gasteiger partial charge on any atom is 0.155 e. The minimum Gasteiger partial charge on any atom is -0.317 e. The third-order valence-corrected chi connectivity index (χ3v) is 5.64. The van der Waals surface area contributed by atoms with Gasteiger partial charge in [-0.3, -0.25) is 0 Å². The van der Waals surface area contributed by atoms with Crippen molar-refractivity contribution in [2.24, 2.45) is 0 Å². The molecular weight excluding hydrogens is 198 g/mol. The number of nitrogens with one attached hydrogen (secondary N) is 1. The van der Waals surface area contributed by atoms with Crippen LogP contribution in [0.15, 0.2) is 0 Å². The second kappa shape index (κ2) is 5.71. The fourth-order valence-electron chi connectivity index (χ4n) is 1.38. The summed E-state index contributed by atoms with van der Waals surface area (Å²) in [5, 5.41) is 2.59. The molecule has 0 aliphatic carbocycles. The van der Waals surface area contributed by atoms with Gasteiger partial charge in [-0.25, -0.2) is 8.42 Å². The SMILES string of the molecule is CCC(C)S(=O)(=O)C(C)CC(C)NC. The first-order valence-electron chi connectivity index (χ1n) is 5.26. The molecule has 86 valence electrons. The third kappa shape index (κ3) is 3.58. The normalized spacial score (nSPS) is 18.9. The van der Waals surface area contributed by atoms with Gasteiger partial charge in [-0.1, -0.05) is 6.92 Å². The number of rotatable bonds is 6. The van der Waals surface area contributed by atoms with Crippen molar-refractivity contribution in [2.75, 3.05) is 7.05 Å². The zero-order chi connectivity index (χ0) is 11.4. The molecule has 3 unspecified atom stereocenters. The van der Waals surface area contributed by atoms with Crippen LogP contribution in [-0.4, -0.2) is 32.0 Å². The largest absolute Gasteiger partial charge is 0.317 e. The van der Waals surface area contributed by atoms with Crippen LogP contribution in [0, 0.1) is 0 Å². The predicted octanol–water partition coefficient (Wildman–Crippen LogP) is 1.59. The molecule has 0 aliphatic rings. The zero-order valence-electron chi connectivity index (χ0n) is 9.87. The third-order valence-electron chi connectivity index (χ3n) is 2.87. The average Bonchev–Trinajstić information content (AvgIpc) is 2.15. The summed E-state index contributed by atoms with van der Waals surface area (Å²) in [6.45, 7) is 7.50. The smallest absolute Gasteiger partial charge is 0.155 e. The van der Waals surface area contributed by atoms with Crippen LogP contribution in [0.3, 0.4) is 0 Å². The second-order valence-corrected chi connectivity index (χ2v) is 6.83. The van der Waals surface area contributed by atoms with E-state index in [1.54, 1.807) is 13.8 Å². The highest BCUT2D eigenvalue weighted by Gasteiger charge is 2.27. The van der Waals surface area contributed by atoms with E-state index in [2.05, 4.69) is 5.32 Å². The van der Waals surface area contributed by atoms with Crippen molar-refractivity contribution in [3.63, 3.8) is 0 Å². The van der Waals surface area contributed by atoms with Crippen molar-refractivity contribution in [2.45, 2.75) is 57.1 Å². The Bertz CT molecular complexity index is 249. The van der Waals surface area contributed by atoms with Gasteiger partial charge in [0.25, 0.3) is 0 Å². The van der Waals surface area contributed by atoms with Crippen molar-refractivity contribution in [1.29, 1.82) is 0 Å². The van der Waals surface area contributed by atoms with Crippen LogP contribution in [0.25, 0.3) is 0 Å². The molecule has 0 aromatic carbocycles. The summed E-state index contributed by atoms with van der Waals surface area (Å²) in [5.41, 5.74) is 0. The van der Waals surface area contributed by atoms with Crippen molar-refractivity contribution in [3.05, 3.63) is 0 Å². The Morgan fingerprint density at radius 2 is 1.64 bits per heavy atom. The summed E-state index contributed by atoms with van der Waals surface area (Å²) in [7, 11) is -1.08. The molecular formula is C10H23NO2S. The average molecular weight is 221 g/mol. The van der Waals surface area contributed by atoms with Gasteiger partial charge in [-0.15, -0.1) is 0 Å². The highest BCUT2D eigenvalue weighted by molar-refractivity contribution is 7.92. The Morgan fingerprint density at radius 3 is 2.00 bits per heavy atom. The van der Waals surface area contributed by atoms with Gasteiger partial charge in [0.2, 0.25) is 0 Å². The summed E-state index contributed by atoms with van der Waals surface area (Å²) in [6, 6.07) is 0.254. The van der Waals surface area contributed by atoms with Crippen LogP contribution in [0.1, 0.15) is 40.5 Å². The van der Waals surface area contributed by atoms with Gasteiger partial charge in [0, 0.05) is 6.04 Å². The quantitative estimate of drug-likeness (QED) is 0.741. The van der Waals surface area contributed by atoms with E-state index in [1.807, 2.05) is 20.9 Å².